The Bertz CT molecular complexity index is 732. The minimum atomic E-state index is -0.212. The van der Waals surface area contributed by atoms with Crippen molar-refractivity contribution in [2.24, 2.45) is 0 Å². The summed E-state index contributed by atoms with van der Waals surface area (Å²) in [5.41, 5.74) is 1.86. The molecule has 5 nitrogen and oxygen atoms in total. The molecule has 0 spiro atoms. The summed E-state index contributed by atoms with van der Waals surface area (Å²) >= 11 is 0. The van der Waals surface area contributed by atoms with Crippen LogP contribution in [0, 0.1) is 6.92 Å². The number of aryl methyl sites for hydroxylation is 1. The SMILES string of the molecule is Cc1ccoc1C(=O)N[C@H](Cn1ccnc1)c1ccccc1. The van der Waals surface area contributed by atoms with Crippen LogP contribution in [0.1, 0.15) is 27.7 Å². The molecule has 3 rings (SSSR count). The van der Waals surface area contributed by atoms with Crippen molar-refractivity contribution in [2.45, 2.75) is 19.5 Å². The van der Waals surface area contributed by atoms with Crippen molar-refractivity contribution in [2.75, 3.05) is 0 Å². The monoisotopic (exact) mass is 295 g/mol. The standard InChI is InChI=1S/C17H17N3O2/c1-13-7-10-22-16(13)17(21)19-15(11-20-9-8-18-12-20)14-5-3-2-4-6-14/h2-10,12,15H,11H2,1H3,(H,19,21)/t15-/m1/s1. The summed E-state index contributed by atoms with van der Waals surface area (Å²) < 4.78 is 7.20. The van der Waals surface area contributed by atoms with Gasteiger partial charge in [0.2, 0.25) is 0 Å². The number of aromatic nitrogens is 2. The van der Waals surface area contributed by atoms with Gasteiger partial charge in [0.25, 0.3) is 5.91 Å². The molecule has 0 aliphatic carbocycles. The highest BCUT2D eigenvalue weighted by atomic mass is 16.3. The summed E-state index contributed by atoms with van der Waals surface area (Å²) in [6.07, 6.45) is 6.86. The van der Waals surface area contributed by atoms with Gasteiger partial charge < -0.3 is 14.3 Å². The lowest BCUT2D eigenvalue weighted by Crippen LogP contribution is -2.31. The molecule has 0 aliphatic rings. The quantitative estimate of drug-likeness (QED) is 0.787. The van der Waals surface area contributed by atoms with Gasteiger partial charge in [0.1, 0.15) is 0 Å². The molecule has 1 aromatic carbocycles. The smallest absolute Gasteiger partial charge is 0.287 e. The third kappa shape index (κ3) is 3.09. The topological polar surface area (TPSA) is 60.1 Å². The summed E-state index contributed by atoms with van der Waals surface area (Å²) in [4.78, 5) is 16.5. The highest BCUT2D eigenvalue weighted by Crippen LogP contribution is 2.17. The van der Waals surface area contributed by atoms with Crippen LogP contribution in [-0.2, 0) is 6.54 Å². The molecule has 1 N–H and O–H groups in total. The zero-order valence-electron chi connectivity index (χ0n) is 12.3. The molecular weight excluding hydrogens is 278 g/mol. The lowest BCUT2D eigenvalue weighted by atomic mass is 10.1. The Morgan fingerprint density at radius 1 is 1.32 bits per heavy atom. The number of amides is 1. The fraction of sp³-hybridized carbons (Fsp3) is 0.176. The first-order valence-corrected chi connectivity index (χ1v) is 7.09. The van der Waals surface area contributed by atoms with E-state index in [9.17, 15) is 4.79 Å². The van der Waals surface area contributed by atoms with E-state index >= 15 is 0 Å². The normalized spacial score (nSPS) is 12.0. The number of carbonyl (C=O) groups excluding carboxylic acids is 1. The molecule has 3 aromatic rings. The van der Waals surface area contributed by atoms with Crippen molar-refractivity contribution < 1.29 is 9.21 Å². The van der Waals surface area contributed by atoms with Crippen LogP contribution in [-0.4, -0.2) is 15.5 Å². The van der Waals surface area contributed by atoms with E-state index in [2.05, 4.69) is 10.3 Å². The predicted octanol–water partition coefficient (Wildman–Crippen LogP) is 2.96. The van der Waals surface area contributed by atoms with Crippen LogP contribution >= 0.6 is 0 Å². The number of nitrogens with zero attached hydrogens (tertiary/aromatic N) is 2. The highest BCUT2D eigenvalue weighted by molar-refractivity contribution is 5.93. The number of hydrogen-bond acceptors (Lipinski definition) is 3. The van der Waals surface area contributed by atoms with Crippen LogP contribution in [0.15, 0.2) is 65.8 Å². The van der Waals surface area contributed by atoms with Crippen molar-refractivity contribution >= 4 is 5.91 Å². The number of carbonyl (C=O) groups is 1. The van der Waals surface area contributed by atoms with Gasteiger partial charge in [-0.3, -0.25) is 4.79 Å². The number of rotatable bonds is 5. The van der Waals surface area contributed by atoms with E-state index < -0.39 is 0 Å². The van der Waals surface area contributed by atoms with Gasteiger partial charge in [-0.15, -0.1) is 0 Å². The Balaban J connectivity index is 1.82. The molecule has 1 atom stereocenters. The number of benzene rings is 1. The summed E-state index contributed by atoms with van der Waals surface area (Å²) in [6.45, 7) is 2.46. The Morgan fingerprint density at radius 3 is 2.77 bits per heavy atom. The van der Waals surface area contributed by atoms with E-state index in [0.717, 1.165) is 11.1 Å². The molecular formula is C17H17N3O2. The molecule has 0 saturated heterocycles. The maximum Gasteiger partial charge on any atom is 0.287 e. The molecule has 22 heavy (non-hydrogen) atoms. The number of imidazole rings is 1. The third-order valence-electron chi connectivity index (χ3n) is 3.53. The Labute approximate surface area is 128 Å². The van der Waals surface area contributed by atoms with Crippen LogP contribution in [0.25, 0.3) is 0 Å². The first-order chi connectivity index (χ1) is 10.7. The number of hydrogen-bond donors (Lipinski definition) is 1. The van der Waals surface area contributed by atoms with Crippen LogP contribution < -0.4 is 5.32 Å². The first kappa shape index (κ1) is 14.1. The van der Waals surface area contributed by atoms with Gasteiger partial charge in [0.15, 0.2) is 5.76 Å². The Hall–Kier alpha value is -2.82. The second kappa shape index (κ2) is 6.30. The molecule has 2 heterocycles. The number of nitrogens with one attached hydrogen (secondary N) is 1. The second-order valence-electron chi connectivity index (χ2n) is 5.13. The molecule has 0 unspecified atom stereocenters. The van der Waals surface area contributed by atoms with Gasteiger partial charge in [-0.25, -0.2) is 4.98 Å². The molecule has 0 radical (unpaired) electrons. The average Bonchev–Trinajstić information content (AvgIpc) is 3.19. The van der Waals surface area contributed by atoms with Gasteiger partial charge in [-0.1, -0.05) is 30.3 Å². The molecule has 112 valence electrons. The fourth-order valence-electron chi connectivity index (χ4n) is 2.35. The van der Waals surface area contributed by atoms with Crippen LogP contribution in [0.4, 0.5) is 0 Å². The molecule has 5 heteroatoms. The molecule has 1 amide bonds. The van der Waals surface area contributed by atoms with Crippen LogP contribution in [0.2, 0.25) is 0 Å². The summed E-state index contributed by atoms with van der Waals surface area (Å²) in [5, 5.41) is 3.03. The first-order valence-electron chi connectivity index (χ1n) is 7.09. The highest BCUT2D eigenvalue weighted by Gasteiger charge is 2.19. The van der Waals surface area contributed by atoms with E-state index in [4.69, 9.17) is 4.42 Å². The van der Waals surface area contributed by atoms with Crippen LogP contribution in [0.5, 0.6) is 0 Å². The maximum atomic E-state index is 12.4. The minimum absolute atomic E-state index is 0.160. The minimum Gasteiger partial charge on any atom is -0.459 e. The lowest BCUT2D eigenvalue weighted by Gasteiger charge is -2.19. The van der Waals surface area contributed by atoms with Gasteiger partial charge in [0.05, 0.1) is 18.6 Å². The van der Waals surface area contributed by atoms with E-state index in [-0.39, 0.29) is 11.9 Å². The van der Waals surface area contributed by atoms with Crippen molar-refractivity contribution in [3.05, 3.63) is 78.3 Å². The molecule has 0 saturated carbocycles. The van der Waals surface area contributed by atoms with Crippen molar-refractivity contribution in [3.8, 4) is 0 Å². The van der Waals surface area contributed by atoms with Gasteiger partial charge >= 0.3 is 0 Å². The molecule has 2 aromatic heterocycles. The molecule has 0 aliphatic heterocycles. The predicted molar refractivity (Wildman–Crippen MR) is 82.3 cm³/mol. The zero-order valence-corrected chi connectivity index (χ0v) is 12.3. The van der Waals surface area contributed by atoms with E-state index in [1.807, 2.05) is 48.0 Å². The van der Waals surface area contributed by atoms with Gasteiger partial charge in [-0.2, -0.15) is 0 Å². The second-order valence-corrected chi connectivity index (χ2v) is 5.13. The van der Waals surface area contributed by atoms with Crippen molar-refractivity contribution in [1.29, 1.82) is 0 Å². The fourth-order valence-corrected chi connectivity index (χ4v) is 2.35. The van der Waals surface area contributed by atoms with Gasteiger partial charge in [-0.05, 0) is 18.6 Å². The summed E-state index contributed by atoms with van der Waals surface area (Å²) in [7, 11) is 0. The third-order valence-corrected chi connectivity index (χ3v) is 3.53. The van der Waals surface area contributed by atoms with Crippen molar-refractivity contribution in [3.63, 3.8) is 0 Å². The summed E-state index contributed by atoms with van der Waals surface area (Å²) in [6, 6.07) is 11.5. The summed E-state index contributed by atoms with van der Waals surface area (Å²) in [5.74, 6) is 0.142. The van der Waals surface area contributed by atoms with Crippen LogP contribution in [0.3, 0.4) is 0 Å². The Kier molecular flexibility index (Phi) is 4.05. The van der Waals surface area contributed by atoms with Gasteiger partial charge in [0, 0.05) is 24.5 Å². The number of furan rings is 1. The van der Waals surface area contributed by atoms with E-state index in [1.165, 1.54) is 6.26 Å². The lowest BCUT2D eigenvalue weighted by molar-refractivity contribution is 0.0903. The zero-order chi connectivity index (χ0) is 15.4. The largest absolute Gasteiger partial charge is 0.459 e. The van der Waals surface area contributed by atoms with E-state index in [0.29, 0.717) is 12.3 Å². The molecule has 0 bridgehead atoms. The van der Waals surface area contributed by atoms with E-state index in [1.54, 1.807) is 18.6 Å². The average molecular weight is 295 g/mol. The Morgan fingerprint density at radius 2 is 2.14 bits per heavy atom. The van der Waals surface area contributed by atoms with Crippen molar-refractivity contribution in [1.82, 2.24) is 14.9 Å². The molecule has 0 fully saturated rings. The maximum absolute atomic E-state index is 12.4.